The van der Waals surface area contributed by atoms with Crippen molar-refractivity contribution in [3.8, 4) is 11.3 Å². The topological polar surface area (TPSA) is 69.2 Å². The van der Waals surface area contributed by atoms with Crippen LogP contribution in [0.1, 0.15) is 11.5 Å². The lowest BCUT2D eigenvalue weighted by atomic mass is 10.1. The van der Waals surface area contributed by atoms with Crippen LogP contribution in [0.15, 0.2) is 75.6 Å². The average Bonchev–Trinajstić information content (AvgIpc) is 3.14. The predicted octanol–water partition coefficient (Wildman–Crippen LogP) is 6.34. The highest BCUT2D eigenvalue weighted by Gasteiger charge is 2.12. The lowest BCUT2D eigenvalue weighted by Crippen LogP contribution is -1.88. The van der Waals surface area contributed by atoms with Gasteiger partial charge >= 0.3 is 0 Å². The van der Waals surface area contributed by atoms with E-state index in [0.717, 1.165) is 22.2 Å². The van der Waals surface area contributed by atoms with Gasteiger partial charge in [-0.3, -0.25) is 10.1 Å². The molecule has 5 nitrogen and oxygen atoms in total. The highest BCUT2D eigenvalue weighted by atomic mass is 79.9. The molecule has 0 atom stereocenters. The van der Waals surface area contributed by atoms with Crippen molar-refractivity contribution in [2.75, 3.05) is 0 Å². The van der Waals surface area contributed by atoms with Crippen LogP contribution in [0.3, 0.4) is 0 Å². The van der Waals surface area contributed by atoms with Gasteiger partial charge in [-0.15, -0.1) is 0 Å². The van der Waals surface area contributed by atoms with Crippen molar-refractivity contribution in [1.29, 1.82) is 0 Å². The number of para-hydroxylation sites is 1. The van der Waals surface area contributed by atoms with Gasteiger partial charge in [0, 0.05) is 27.6 Å². The zero-order valence-electron chi connectivity index (χ0n) is 14.0. The summed E-state index contributed by atoms with van der Waals surface area (Å²) < 4.78 is 6.45. The second kappa shape index (κ2) is 7.17. The monoisotopic (exact) mass is 420 g/mol. The Morgan fingerprint density at radius 2 is 1.85 bits per heavy atom. The second-order valence-electron chi connectivity index (χ2n) is 5.89. The number of benzene rings is 2. The average molecular weight is 421 g/mol. The Bertz CT molecular complexity index is 1180. The molecule has 2 aromatic heterocycles. The SMILES string of the molecule is O=[N+]([O-])c1ccc(-c2ccc(C=Cc3ccc4ccccc4n3)o2)c(Br)c1. The first-order valence-electron chi connectivity index (χ1n) is 8.18. The number of nitro groups is 1. The van der Waals surface area contributed by atoms with Gasteiger partial charge in [-0.2, -0.15) is 0 Å². The van der Waals surface area contributed by atoms with Gasteiger partial charge in [0.1, 0.15) is 11.5 Å². The van der Waals surface area contributed by atoms with Crippen LogP contribution < -0.4 is 0 Å². The van der Waals surface area contributed by atoms with Crippen LogP contribution in [0.5, 0.6) is 0 Å². The predicted molar refractivity (Wildman–Crippen MR) is 109 cm³/mol. The molecule has 2 heterocycles. The highest BCUT2D eigenvalue weighted by molar-refractivity contribution is 9.10. The summed E-state index contributed by atoms with van der Waals surface area (Å²) in [5.74, 6) is 1.30. The lowest BCUT2D eigenvalue weighted by molar-refractivity contribution is -0.384. The Morgan fingerprint density at radius 3 is 2.67 bits per heavy atom. The molecule has 4 rings (SSSR count). The van der Waals surface area contributed by atoms with Crippen molar-refractivity contribution < 1.29 is 9.34 Å². The smallest absolute Gasteiger partial charge is 0.270 e. The normalized spacial score (nSPS) is 11.3. The molecule has 0 spiro atoms. The molecule has 0 aliphatic rings. The van der Waals surface area contributed by atoms with Gasteiger partial charge in [0.2, 0.25) is 0 Å². The Kier molecular flexibility index (Phi) is 4.56. The van der Waals surface area contributed by atoms with Crippen molar-refractivity contribution >= 4 is 44.7 Å². The van der Waals surface area contributed by atoms with E-state index >= 15 is 0 Å². The summed E-state index contributed by atoms with van der Waals surface area (Å²) in [7, 11) is 0. The molecule has 0 aliphatic heterocycles. The maximum Gasteiger partial charge on any atom is 0.270 e. The van der Waals surface area contributed by atoms with Gasteiger partial charge in [0.05, 0.1) is 16.1 Å². The van der Waals surface area contributed by atoms with Crippen molar-refractivity contribution in [2.45, 2.75) is 0 Å². The third-order valence-electron chi connectivity index (χ3n) is 4.09. The molecule has 4 aromatic rings. The number of furan rings is 1. The number of nitrogens with zero attached hydrogens (tertiary/aromatic N) is 2. The number of hydrogen-bond acceptors (Lipinski definition) is 4. The zero-order chi connectivity index (χ0) is 18.8. The Morgan fingerprint density at radius 1 is 1.00 bits per heavy atom. The summed E-state index contributed by atoms with van der Waals surface area (Å²) in [6, 6.07) is 20.2. The van der Waals surface area contributed by atoms with Crippen molar-refractivity contribution in [1.82, 2.24) is 4.98 Å². The summed E-state index contributed by atoms with van der Waals surface area (Å²) in [5.41, 5.74) is 2.56. The number of hydrogen-bond donors (Lipinski definition) is 0. The van der Waals surface area contributed by atoms with Crippen LogP contribution in [0.4, 0.5) is 5.69 Å². The molecule has 27 heavy (non-hydrogen) atoms. The number of aromatic nitrogens is 1. The summed E-state index contributed by atoms with van der Waals surface area (Å²) in [4.78, 5) is 15.0. The van der Waals surface area contributed by atoms with Crippen molar-refractivity contribution in [2.24, 2.45) is 0 Å². The summed E-state index contributed by atoms with van der Waals surface area (Å²) >= 11 is 3.37. The van der Waals surface area contributed by atoms with Crippen molar-refractivity contribution in [3.05, 3.63) is 92.8 Å². The van der Waals surface area contributed by atoms with Crippen LogP contribution in [-0.2, 0) is 0 Å². The Labute approximate surface area is 163 Å². The standard InChI is InChI=1S/C21H13BrN2O3/c22-19-13-16(24(25)26)8-11-18(19)21-12-10-17(27-21)9-7-15-6-5-14-3-1-2-4-20(14)23-15/h1-13H. The largest absolute Gasteiger partial charge is 0.457 e. The molecular formula is C21H13BrN2O3. The second-order valence-corrected chi connectivity index (χ2v) is 6.74. The van der Waals surface area contributed by atoms with Crippen LogP contribution >= 0.6 is 15.9 Å². The van der Waals surface area contributed by atoms with E-state index in [1.54, 1.807) is 6.07 Å². The molecule has 132 valence electrons. The van der Waals surface area contributed by atoms with Gasteiger partial charge in [0.25, 0.3) is 5.69 Å². The fourth-order valence-electron chi connectivity index (χ4n) is 2.75. The van der Waals surface area contributed by atoms with Gasteiger partial charge in [0.15, 0.2) is 0 Å². The third-order valence-corrected chi connectivity index (χ3v) is 4.75. The first-order chi connectivity index (χ1) is 13.1. The van der Waals surface area contributed by atoms with E-state index in [2.05, 4.69) is 20.9 Å². The van der Waals surface area contributed by atoms with E-state index in [1.165, 1.54) is 12.1 Å². The zero-order valence-corrected chi connectivity index (χ0v) is 15.6. The van der Waals surface area contributed by atoms with Gasteiger partial charge in [-0.25, -0.2) is 4.98 Å². The van der Waals surface area contributed by atoms with E-state index in [1.807, 2.05) is 60.7 Å². The number of non-ortho nitro benzene ring substituents is 1. The van der Waals surface area contributed by atoms with Gasteiger partial charge < -0.3 is 4.42 Å². The summed E-state index contributed by atoms with van der Waals surface area (Å²) in [6.07, 6.45) is 3.74. The Hall–Kier alpha value is -3.25. The fourth-order valence-corrected chi connectivity index (χ4v) is 3.31. The number of nitro benzene ring substituents is 1. The first kappa shape index (κ1) is 17.2. The van der Waals surface area contributed by atoms with Crippen LogP contribution in [0.25, 0.3) is 34.4 Å². The summed E-state index contributed by atoms with van der Waals surface area (Å²) in [6.45, 7) is 0. The van der Waals surface area contributed by atoms with E-state index in [-0.39, 0.29) is 5.69 Å². The molecule has 0 fully saturated rings. The molecule has 0 N–H and O–H groups in total. The molecule has 0 unspecified atom stereocenters. The van der Waals surface area contributed by atoms with Crippen LogP contribution in [-0.4, -0.2) is 9.91 Å². The molecular weight excluding hydrogens is 408 g/mol. The molecule has 0 saturated heterocycles. The number of pyridine rings is 1. The maximum atomic E-state index is 10.9. The minimum absolute atomic E-state index is 0.0275. The van der Waals surface area contributed by atoms with E-state index in [4.69, 9.17) is 4.42 Å². The third kappa shape index (κ3) is 3.66. The van der Waals surface area contributed by atoms with Crippen LogP contribution in [0, 0.1) is 10.1 Å². The molecule has 0 amide bonds. The quantitative estimate of drug-likeness (QED) is 0.285. The molecule has 6 heteroatoms. The first-order valence-corrected chi connectivity index (χ1v) is 8.97. The molecule has 0 bridgehead atoms. The molecule has 0 aliphatic carbocycles. The number of rotatable bonds is 4. The highest BCUT2D eigenvalue weighted by Crippen LogP contribution is 2.32. The Balaban J connectivity index is 1.58. The lowest BCUT2D eigenvalue weighted by Gasteiger charge is -2.01. The molecule has 2 aromatic carbocycles. The van der Waals surface area contributed by atoms with Gasteiger partial charge in [-0.1, -0.05) is 24.3 Å². The fraction of sp³-hybridized carbons (Fsp3) is 0. The molecule has 0 radical (unpaired) electrons. The molecule has 0 saturated carbocycles. The minimum Gasteiger partial charge on any atom is -0.457 e. The van der Waals surface area contributed by atoms with E-state index < -0.39 is 4.92 Å². The van der Waals surface area contributed by atoms with E-state index in [9.17, 15) is 10.1 Å². The van der Waals surface area contributed by atoms with Crippen molar-refractivity contribution in [3.63, 3.8) is 0 Å². The van der Waals surface area contributed by atoms with E-state index in [0.29, 0.717) is 16.0 Å². The number of fused-ring (bicyclic) bond motifs is 1. The van der Waals surface area contributed by atoms with Crippen LogP contribution in [0.2, 0.25) is 0 Å². The number of halogens is 1. The minimum atomic E-state index is -0.429. The van der Waals surface area contributed by atoms with Gasteiger partial charge in [-0.05, 0) is 58.4 Å². The summed E-state index contributed by atoms with van der Waals surface area (Å²) in [5, 5.41) is 11.9. The maximum absolute atomic E-state index is 10.9.